The minimum Gasteiger partial charge on any atom is -0.487 e. The van der Waals surface area contributed by atoms with Gasteiger partial charge in [0.05, 0.1) is 10.9 Å². The SMILES string of the molecule is CC1(C)CC(NS(=O)(=O)c2ccc(F)c(F)c2)c2cc(N)ccc2O1.Cl. The van der Waals surface area contributed by atoms with E-state index in [9.17, 15) is 17.2 Å². The average molecular weight is 405 g/mol. The molecular weight excluding hydrogens is 386 g/mol. The summed E-state index contributed by atoms with van der Waals surface area (Å²) in [5.41, 5.74) is 6.27. The number of nitrogens with two attached hydrogens (primary N) is 1. The highest BCUT2D eigenvalue weighted by atomic mass is 35.5. The van der Waals surface area contributed by atoms with Gasteiger partial charge in [-0.25, -0.2) is 21.9 Å². The predicted octanol–water partition coefficient (Wildman–Crippen LogP) is 3.55. The molecule has 5 nitrogen and oxygen atoms in total. The normalized spacial score (nSPS) is 18.4. The summed E-state index contributed by atoms with van der Waals surface area (Å²) in [6.07, 6.45) is 0.354. The van der Waals surface area contributed by atoms with Crippen LogP contribution in [-0.2, 0) is 10.0 Å². The molecule has 0 saturated carbocycles. The van der Waals surface area contributed by atoms with Crippen molar-refractivity contribution >= 4 is 28.1 Å². The van der Waals surface area contributed by atoms with Crippen molar-refractivity contribution in [1.82, 2.24) is 4.72 Å². The van der Waals surface area contributed by atoms with Crippen LogP contribution in [0.2, 0.25) is 0 Å². The zero-order chi connectivity index (χ0) is 18.4. The van der Waals surface area contributed by atoms with Crippen LogP contribution in [0.5, 0.6) is 5.75 Å². The maximum absolute atomic E-state index is 13.4. The molecule has 1 aliphatic heterocycles. The Balaban J connectivity index is 0.00000243. The highest BCUT2D eigenvalue weighted by molar-refractivity contribution is 7.89. The van der Waals surface area contributed by atoms with E-state index in [1.807, 2.05) is 13.8 Å². The molecule has 9 heteroatoms. The van der Waals surface area contributed by atoms with Crippen molar-refractivity contribution in [2.45, 2.75) is 36.8 Å². The first-order valence-electron chi connectivity index (χ1n) is 7.63. The van der Waals surface area contributed by atoms with Gasteiger partial charge in [-0.05, 0) is 50.2 Å². The van der Waals surface area contributed by atoms with E-state index in [-0.39, 0.29) is 17.3 Å². The van der Waals surface area contributed by atoms with Crippen LogP contribution >= 0.6 is 12.4 Å². The molecule has 0 aliphatic carbocycles. The topological polar surface area (TPSA) is 81.4 Å². The summed E-state index contributed by atoms with van der Waals surface area (Å²) in [4.78, 5) is -0.346. The molecule has 0 fully saturated rings. The molecule has 3 N–H and O–H groups in total. The third-order valence-electron chi connectivity index (χ3n) is 3.99. The standard InChI is InChI=1S/C17H18F2N2O3S.ClH/c1-17(2)9-15(12-7-10(20)3-6-16(12)24-17)21-25(22,23)11-4-5-13(18)14(19)8-11;/h3-8,15,21H,9,20H2,1-2H3;1H. The van der Waals surface area contributed by atoms with Gasteiger partial charge in [-0.3, -0.25) is 0 Å². The number of nitrogen functional groups attached to an aromatic ring is 1. The van der Waals surface area contributed by atoms with Gasteiger partial charge < -0.3 is 10.5 Å². The van der Waals surface area contributed by atoms with E-state index in [4.69, 9.17) is 10.5 Å². The molecule has 26 heavy (non-hydrogen) atoms. The molecular formula is C17H19ClF2N2O3S. The van der Waals surface area contributed by atoms with E-state index in [1.54, 1.807) is 18.2 Å². The lowest BCUT2D eigenvalue weighted by atomic mass is 9.90. The zero-order valence-electron chi connectivity index (χ0n) is 14.1. The van der Waals surface area contributed by atoms with Crippen molar-refractivity contribution in [2.24, 2.45) is 0 Å². The monoisotopic (exact) mass is 404 g/mol. The molecule has 142 valence electrons. The summed E-state index contributed by atoms with van der Waals surface area (Å²) in [7, 11) is -4.06. The van der Waals surface area contributed by atoms with Gasteiger partial charge in [-0.1, -0.05) is 0 Å². The molecule has 2 aromatic rings. The zero-order valence-corrected chi connectivity index (χ0v) is 15.8. The number of benzene rings is 2. The predicted molar refractivity (Wildman–Crippen MR) is 96.8 cm³/mol. The Bertz CT molecular complexity index is 936. The largest absolute Gasteiger partial charge is 0.487 e. The number of anilines is 1. The van der Waals surface area contributed by atoms with Crippen LogP contribution in [0.3, 0.4) is 0 Å². The fourth-order valence-corrected chi connectivity index (χ4v) is 4.10. The molecule has 0 amide bonds. The second-order valence-electron chi connectivity index (χ2n) is 6.61. The van der Waals surface area contributed by atoms with Crippen LogP contribution in [0, 0.1) is 11.6 Å². The Morgan fingerprint density at radius 2 is 1.85 bits per heavy atom. The number of hydrogen-bond acceptors (Lipinski definition) is 4. The first kappa shape index (κ1) is 20.4. The average Bonchev–Trinajstić information content (AvgIpc) is 2.49. The van der Waals surface area contributed by atoms with Crippen molar-refractivity contribution in [2.75, 3.05) is 5.73 Å². The number of hydrogen-bond donors (Lipinski definition) is 2. The van der Waals surface area contributed by atoms with Crippen LogP contribution < -0.4 is 15.2 Å². The lowest BCUT2D eigenvalue weighted by molar-refractivity contribution is 0.0702. The Morgan fingerprint density at radius 3 is 2.50 bits per heavy atom. The molecule has 1 unspecified atom stereocenters. The molecule has 1 atom stereocenters. The van der Waals surface area contributed by atoms with E-state index in [0.717, 1.165) is 12.1 Å². The van der Waals surface area contributed by atoms with Gasteiger partial charge in [0.2, 0.25) is 10.0 Å². The minimum absolute atomic E-state index is 0. The van der Waals surface area contributed by atoms with E-state index >= 15 is 0 Å². The summed E-state index contributed by atoms with van der Waals surface area (Å²) in [6.45, 7) is 3.68. The summed E-state index contributed by atoms with van der Waals surface area (Å²) >= 11 is 0. The Labute approximate surface area is 157 Å². The van der Waals surface area contributed by atoms with Crippen LogP contribution in [0.15, 0.2) is 41.3 Å². The summed E-state index contributed by atoms with van der Waals surface area (Å²) in [6, 6.07) is 6.84. The number of sulfonamides is 1. The Kier molecular flexibility index (Phi) is 5.51. The van der Waals surface area contributed by atoms with E-state index in [1.165, 1.54) is 0 Å². The van der Waals surface area contributed by atoms with Crippen molar-refractivity contribution in [3.8, 4) is 5.75 Å². The van der Waals surface area contributed by atoms with Crippen LogP contribution in [0.1, 0.15) is 31.9 Å². The number of halogens is 3. The van der Waals surface area contributed by atoms with Gasteiger partial charge >= 0.3 is 0 Å². The maximum Gasteiger partial charge on any atom is 0.241 e. The van der Waals surface area contributed by atoms with E-state index in [2.05, 4.69) is 4.72 Å². The van der Waals surface area contributed by atoms with Crippen molar-refractivity contribution in [1.29, 1.82) is 0 Å². The summed E-state index contributed by atoms with van der Waals surface area (Å²) in [5.74, 6) is -1.80. The molecule has 3 rings (SSSR count). The molecule has 0 aromatic heterocycles. The molecule has 0 saturated heterocycles. The Morgan fingerprint density at radius 1 is 1.15 bits per heavy atom. The van der Waals surface area contributed by atoms with Crippen LogP contribution in [0.4, 0.5) is 14.5 Å². The van der Waals surface area contributed by atoms with Crippen molar-refractivity contribution in [3.63, 3.8) is 0 Å². The first-order chi connectivity index (χ1) is 11.6. The first-order valence-corrected chi connectivity index (χ1v) is 9.11. The fourth-order valence-electron chi connectivity index (χ4n) is 2.88. The lowest BCUT2D eigenvalue weighted by Crippen LogP contribution is -2.41. The summed E-state index contributed by atoms with van der Waals surface area (Å²) in [5, 5.41) is 0. The van der Waals surface area contributed by atoms with Crippen molar-refractivity contribution in [3.05, 3.63) is 53.6 Å². The minimum atomic E-state index is -4.06. The van der Waals surface area contributed by atoms with Gasteiger partial charge in [0.25, 0.3) is 0 Å². The lowest BCUT2D eigenvalue weighted by Gasteiger charge is -2.37. The van der Waals surface area contributed by atoms with Gasteiger partial charge in [0, 0.05) is 17.7 Å². The molecule has 1 heterocycles. The number of ether oxygens (including phenoxy) is 1. The fraction of sp³-hybridized carbons (Fsp3) is 0.294. The third-order valence-corrected chi connectivity index (χ3v) is 5.46. The van der Waals surface area contributed by atoms with E-state index in [0.29, 0.717) is 29.5 Å². The highest BCUT2D eigenvalue weighted by Gasteiger charge is 2.36. The molecule has 0 bridgehead atoms. The molecule has 2 aromatic carbocycles. The molecule has 0 radical (unpaired) electrons. The smallest absolute Gasteiger partial charge is 0.241 e. The second kappa shape index (κ2) is 7.02. The van der Waals surface area contributed by atoms with Crippen LogP contribution in [-0.4, -0.2) is 14.0 Å². The van der Waals surface area contributed by atoms with Gasteiger partial charge in [-0.15, -0.1) is 12.4 Å². The Hall–Kier alpha value is -1.90. The second-order valence-corrected chi connectivity index (χ2v) is 8.33. The van der Waals surface area contributed by atoms with Crippen molar-refractivity contribution < 1.29 is 21.9 Å². The summed E-state index contributed by atoms with van der Waals surface area (Å²) < 4.78 is 60.1. The third kappa shape index (κ3) is 4.08. The van der Waals surface area contributed by atoms with Gasteiger partial charge in [0.15, 0.2) is 11.6 Å². The van der Waals surface area contributed by atoms with Crippen LogP contribution in [0.25, 0.3) is 0 Å². The molecule has 0 spiro atoms. The number of rotatable bonds is 3. The molecule has 1 aliphatic rings. The van der Waals surface area contributed by atoms with Gasteiger partial charge in [-0.2, -0.15) is 0 Å². The van der Waals surface area contributed by atoms with E-state index < -0.39 is 33.3 Å². The number of nitrogens with one attached hydrogen (secondary N) is 1. The number of fused-ring (bicyclic) bond motifs is 1. The van der Waals surface area contributed by atoms with Gasteiger partial charge in [0.1, 0.15) is 11.4 Å². The maximum atomic E-state index is 13.4. The quantitative estimate of drug-likeness (QED) is 0.766. The highest BCUT2D eigenvalue weighted by Crippen LogP contribution is 2.41.